The Labute approximate surface area is 101 Å². The van der Waals surface area contributed by atoms with Crippen molar-refractivity contribution in [2.75, 3.05) is 6.61 Å². The molecule has 90 valence electrons. The molecule has 0 bridgehead atoms. The Balaban J connectivity index is 2.77. The SMILES string of the molecule is CCOC(=O)C(=O)c1ccc(C=CC(=O)O)s1. The first kappa shape index (κ1) is 13.1. The second kappa shape index (κ2) is 5.95. The highest BCUT2D eigenvalue weighted by molar-refractivity contribution is 7.15. The summed E-state index contributed by atoms with van der Waals surface area (Å²) in [6.07, 6.45) is 2.32. The largest absolute Gasteiger partial charge is 0.478 e. The lowest BCUT2D eigenvalue weighted by atomic mass is 10.3. The number of esters is 1. The van der Waals surface area contributed by atoms with Gasteiger partial charge in [-0.05, 0) is 25.1 Å². The molecule has 0 radical (unpaired) electrons. The molecule has 1 aromatic heterocycles. The van der Waals surface area contributed by atoms with Gasteiger partial charge in [0, 0.05) is 11.0 Å². The lowest BCUT2D eigenvalue weighted by Crippen LogP contribution is -2.16. The molecule has 1 heterocycles. The van der Waals surface area contributed by atoms with Crippen molar-refractivity contribution < 1.29 is 24.2 Å². The molecule has 1 aromatic rings. The molecular formula is C11H10O5S. The van der Waals surface area contributed by atoms with Gasteiger partial charge in [-0.25, -0.2) is 9.59 Å². The fraction of sp³-hybridized carbons (Fsp3) is 0.182. The zero-order valence-corrected chi connectivity index (χ0v) is 9.82. The van der Waals surface area contributed by atoms with E-state index >= 15 is 0 Å². The molecule has 0 unspecified atom stereocenters. The Morgan fingerprint density at radius 2 is 2.12 bits per heavy atom. The molecule has 0 aliphatic rings. The normalized spacial score (nSPS) is 10.4. The predicted octanol–water partition coefficient (Wildman–Crippen LogP) is 1.59. The molecule has 1 N–H and O–H groups in total. The summed E-state index contributed by atoms with van der Waals surface area (Å²) in [7, 11) is 0. The lowest BCUT2D eigenvalue weighted by molar-refractivity contribution is -0.137. The Hall–Kier alpha value is -1.95. The quantitative estimate of drug-likeness (QED) is 0.373. The van der Waals surface area contributed by atoms with Crippen LogP contribution >= 0.6 is 11.3 Å². The third kappa shape index (κ3) is 3.84. The Kier molecular flexibility index (Phi) is 4.59. The van der Waals surface area contributed by atoms with Crippen molar-refractivity contribution in [1.82, 2.24) is 0 Å². The van der Waals surface area contributed by atoms with Gasteiger partial charge in [-0.2, -0.15) is 0 Å². The van der Waals surface area contributed by atoms with Gasteiger partial charge in [-0.15, -0.1) is 11.3 Å². The van der Waals surface area contributed by atoms with Crippen molar-refractivity contribution in [3.63, 3.8) is 0 Å². The van der Waals surface area contributed by atoms with E-state index in [1.165, 1.54) is 12.1 Å². The Morgan fingerprint density at radius 3 is 2.71 bits per heavy atom. The molecule has 0 aromatic carbocycles. The summed E-state index contributed by atoms with van der Waals surface area (Å²) in [6, 6.07) is 3.03. The van der Waals surface area contributed by atoms with Crippen LogP contribution in [-0.4, -0.2) is 29.4 Å². The fourth-order valence-corrected chi connectivity index (χ4v) is 1.85. The molecule has 0 fully saturated rings. The van der Waals surface area contributed by atoms with Gasteiger partial charge >= 0.3 is 11.9 Å². The molecule has 1 rings (SSSR count). The minimum atomic E-state index is -1.07. The van der Waals surface area contributed by atoms with Gasteiger partial charge in [0.2, 0.25) is 0 Å². The maximum atomic E-state index is 11.5. The van der Waals surface area contributed by atoms with Crippen molar-refractivity contribution in [2.45, 2.75) is 6.92 Å². The minimum absolute atomic E-state index is 0.141. The van der Waals surface area contributed by atoms with E-state index in [0.29, 0.717) is 4.88 Å². The summed E-state index contributed by atoms with van der Waals surface area (Å²) in [4.78, 5) is 33.7. The third-order valence-electron chi connectivity index (χ3n) is 1.70. The van der Waals surface area contributed by atoms with Crippen LogP contribution in [-0.2, 0) is 14.3 Å². The van der Waals surface area contributed by atoms with Crippen LogP contribution in [0.4, 0.5) is 0 Å². The molecular weight excluding hydrogens is 244 g/mol. The number of hydrogen-bond acceptors (Lipinski definition) is 5. The number of carboxylic acids is 1. The number of aliphatic carboxylic acids is 1. The third-order valence-corrected chi connectivity index (χ3v) is 2.75. The number of carbonyl (C=O) groups is 3. The van der Waals surface area contributed by atoms with Crippen LogP contribution in [0.3, 0.4) is 0 Å². The number of rotatable bonds is 5. The molecule has 0 saturated carbocycles. The minimum Gasteiger partial charge on any atom is -0.478 e. The summed E-state index contributed by atoms with van der Waals surface area (Å²) in [6.45, 7) is 1.75. The fourth-order valence-electron chi connectivity index (χ4n) is 1.02. The first-order valence-corrected chi connectivity index (χ1v) is 5.58. The smallest absolute Gasteiger partial charge is 0.380 e. The highest BCUT2D eigenvalue weighted by Gasteiger charge is 2.18. The molecule has 0 spiro atoms. The van der Waals surface area contributed by atoms with E-state index in [-0.39, 0.29) is 11.5 Å². The highest BCUT2D eigenvalue weighted by Crippen LogP contribution is 2.18. The second-order valence-electron chi connectivity index (χ2n) is 2.92. The maximum absolute atomic E-state index is 11.5. The molecule has 17 heavy (non-hydrogen) atoms. The zero-order chi connectivity index (χ0) is 12.8. The van der Waals surface area contributed by atoms with E-state index in [9.17, 15) is 14.4 Å². The van der Waals surface area contributed by atoms with E-state index in [1.54, 1.807) is 13.0 Å². The number of ketones is 1. The average Bonchev–Trinajstić information content (AvgIpc) is 2.74. The van der Waals surface area contributed by atoms with Crippen LogP contribution in [0.2, 0.25) is 0 Å². The van der Waals surface area contributed by atoms with Gasteiger partial charge in [-0.1, -0.05) is 0 Å². The van der Waals surface area contributed by atoms with Crippen LogP contribution in [0.5, 0.6) is 0 Å². The summed E-state index contributed by atoms with van der Waals surface area (Å²) >= 11 is 1.04. The van der Waals surface area contributed by atoms with Crippen molar-refractivity contribution in [3.8, 4) is 0 Å². The van der Waals surface area contributed by atoms with E-state index in [1.807, 2.05) is 0 Å². The van der Waals surface area contributed by atoms with Crippen molar-refractivity contribution >= 4 is 35.1 Å². The first-order valence-electron chi connectivity index (χ1n) is 4.77. The Morgan fingerprint density at radius 1 is 1.41 bits per heavy atom. The molecule has 6 heteroatoms. The maximum Gasteiger partial charge on any atom is 0.380 e. The second-order valence-corrected chi connectivity index (χ2v) is 4.04. The molecule has 0 amide bonds. The van der Waals surface area contributed by atoms with Gasteiger partial charge in [0.05, 0.1) is 11.5 Å². The molecule has 0 aliphatic heterocycles. The number of carboxylic acid groups (broad SMARTS) is 1. The van der Waals surface area contributed by atoms with Gasteiger partial charge in [0.1, 0.15) is 0 Å². The number of hydrogen-bond donors (Lipinski definition) is 1. The van der Waals surface area contributed by atoms with Crippen molar-refractivity contribution in [2.24, 2.45) is 0 Å². The van der Waals surface area contributed by atoms with Crippen LogP contribution in [0.15, 0.2) is 18.2 Å². The van der Waals surface area contributed by atoms with E-state index in [4.69, 9.17) is 5.11 Å². The van der Waals surface area contributed by atoms with Crippen molar-refractivity contribution in [3.05, 3.63) is 28.0 Å². The predicted molar refractivity (Wildman–Crippen MR) is 62.0 cm³/mol. The molecule has 0 saturated heterocycles. The Bertz CT molecular complexity index is 472. The van der Waals surface area contributed by atoms with Crippen LogP contribution in [0.1, 0.15) is 21.5 Å². The average molecular weight is 254 g/mol. The number of ether oxygens (including phenoxy) is 1. The highest BCUT2D eigenvalue weighted by atomic mass is 32.1. The van der Waals surface area contributed by atoms with E-state index < -0.39 is 17.7 Å². The number of Topliss-reactive ketones (excluding diaryl/α,β-unsaturated/α-hetero) is 1. The standard InChI is InChI=1S/C11H10O5S/c1-2-16-11(15)10(14)8-5-3-7(17-8)4-6-9(12)13/h3-6H,2H2,1H3,(H,12,13). The molecule has 5 nitrogen and oxygen atoms in total. The van der Waals surface area contributed by atoms with Gasteiger partial charge in [0.25, 0.3) is 5.78 Å². The van der Waals surface area contributed by atoms with Crippen molar-refractivity contribution in [1.29, 1.82) is 0 Å². The molecule has 0 atom stereocenters. The van der Waals surface area contributed by atoms with Crippen LogP contribution < -0.4 is 0 Å². The van der Waals surface area contributed by atoms with Crippen LogP contribution in [0, 0.1) is 0 Å². The lowest BCUT2D eigenvalue weighted by Gasteiger charge is -1.97. The van der Waals surface area contributed by atoms with Gasteiger partial charge in [0.15, 0.2) is 0 Å². The summed E-state index contributed by atoms with van der Waals surface area (Å²) in [5.41, 5.74) is 0. The summed E-state index contributed by atoms with van der Waals surface area (Å²) in [5.74, 6) is -2.69. The summed E-state index contributed by atoms with van der Waals surface area (Å²) < 4.78 is 4.57. The first-order chi connectivity index (χ1) is 8.04. The monoisotopic (exact) mass is 254 g/mol. The zero-order valence-electron chi connectivity index (χ0n) is 9.00. The summed E-state index contributed by atoms with van der Waals surface area (Å²) in [5, 5.41) is 8.43. The number of thiophene rings is 1. The van der Waals surface area contributed by atoms with Gasteiger partial charge in [-0.3, -0.25) is 4.79 Å². The van der Waals surface area contributed by atoms with E-state index in [0.717, 1.165) is 17.4 Å². The van der Waals surface area contributed by atoms with Gasteiger partial charge < -0.3 is 9.84 Å². The number of carbonyl (C=O) groups excluding carboxylic acids is 2. The van der Waals surface area contributed by atoms with E-state index in [2.05, 4.69) is 4.74 Å². The van der Waals surface area contributed by atoms with Crippen LogP contribution in [0.25, 0.3) is 6.08 Å². The topological polar surface area (TPSA) is 80.7 Å². The molecule has 0 aliphatic carbocycles.